The molecule has 1 unspecified atom stereocenters. The number of benzene rings is 1. The standard InChI is InChI=1S/C11H12O2S/c1-7-5-9-8(6-11(12)13)3-2-4-10(9)14-7/h2-4,7H,5-6H2,1H3,(H,12,13). The van der Waals surface area contributed by atoms with E-state index in [0.717, 1.165) is 12.0 Å². The summed E-state index contributed by atoms with van der Waals surface area (Å²) in [7, 11) is 0. The molecule has 0 aliphatic carbocycles. The Morgan fingerprint density at radius 2 is 2.43 bits per heavy atom. The molecular formula is C11H12O2S. The zero-order valence-electron chi connectivity index (χ0n) is 7.99. The SMILES string of the molecule is CC1Cc2c(CC(=O)O)cccc2S1. The largest absolute Gasteiger partial charge is 0.481 e. The van der Waals surface area contributed by atoms with Gasteiger partial charge in [0.1, 0.15) is 0 Å². The quantitative estimate of drug-likeness (QED) is 0.810. The van der Waals surface area contributed by atoms with Crippen LogP contribution in [0.3, 0.4) is 0 Å². The second kappa shape index (κ2) is 3.65. The molecule has 1 heterocycles. The van der Waals surface area contributed by atoms with Gasteiger partial charge < -0.3 is 5.11 Å². The van der Waals surface area contributed by atoms with Crippen LogP contribution in [0.4, 0.5) is 0 Å². The van der Waals surface area contributed by atoms with E-state index in [9.17, 15) is 4.79 Å². The molecule has 14 heavy (non-hydrogen) atoms. The Morgan fingerprint density at radius 3 is 3.14 bits per heavy atom. The maximum absolute atomic E-state index is 10.6. The molecule has 3 heteroatoms. The highest BCUT2D eigenvalue weighted by molar-refractivity contribution is 8.00. The lowest BCUT2D eigenvalue weighted by Crippen LogP contribution is -2.04. The van der Waals surface area contributed by atoms with Crippen molar-refractivity contribution in [3.63, 3.8) is 0 Å². The lowest BCUT2D eigenvalue weighted by atomic mass is 10.0. The first-order chi connectivity index (χ1) is 6.66. The summed E-state index contributed by atoms with van der Waals surface area (Å²) < 4.78 is 0. The van der Waals surface area contributed by atoms with Crippen molar-refractivity contribution in [1.82, 2.24) is 0 Å². The summed E-state index contributed by atoms with van der Waals surface area (Å²) in [6, 6.07) is 5.95. The van der Waals surface area contributed by atoms with Crippen LogP contribution in [-0.4, -0.2) is 16.3 Å². The van der Waals surface area contributed by atoms with Gasteiger partial charge in [-0.25, -0.2) is 0 Å². The number of fused-ring (bicyclic) bond motifs is 1. The van der Waals surface area contributed by atoms with Crippen LogP contribution in [0.5, 0.6) is 0 Å². The minimum Gasteiger partial charge on any atom is -0.481 e. The van der Waals surface area contributed by atoms with Crippen LogP contribution < -0.4 is 0 Å². The molecule has 1 aromatic rings. The maximum Gasteiger partial charge on any atom is 0.307 e. The fraction of sp³-hybridized carbons (Fsp3) is 0.364. The molecule has 0 bridgehead atoms. The normalized spacial score (nSPS) is 19.4. The minimum atomic E-state index is -0.747. The van der Waals surface area contributed by atoms with E-state index in [4.69, 9.17) is 5.11 Å². The molecular weight excluding hydrogens is 196 g/mol. The molecule has 0 aromatic heterocycles. The van der Waals surface area contributed by atoms with Gasteiger partial charge in [-0.3, -0.25) is 4.79 Å². The van der Waals surface area contributed by atoms with Gasteiger partial charge in [0.25, 0.3) is 0 Å². The van der Waals surface area contributed by atoms with Crippen molar-refractivity contribution in [2.45, 2.75) is 29.9 Å². The molecule has 1 aliphatic heterocycles. The fourth-order valence-corrected chi connectivity index (χ4v) is 3.02. The Kier molecular flexibility index (Phi) is 2.50. The number of rotatable bonds is 2. The smallest absolute Gasteiger partial charge is 0.307 e. The molecule has 1 atom stereocenters. The summed E-state index contributed by atoms with van der Waals surface area (Å²) in [5.74, 6) is -0.747. The monoisotopic (exact) mass is 208 g/mol. The van der Waals surface area contributed by atoms with E-state index in [1.165, 1.54) is 10.5 Å². The Bertz CT molecular complexity index is 374. The zero-order chi connectivity index (χ0) is 10.1. The molecule has 0 fully saturated rings. The van der Waals surface area contributed by atoms with Gasteiger partial charge in [0.2, 0.25) is 0 Å². The lowest BCUT2D eigenvalue weighted by molar-refractivity contribution is -0.136. The number of thioether (sulfide) groups is 1. The molecule has 0 saturated heterocycles. The molecule has 0 radical (unpaired) electrons. The Morgan fingerprint density at radius 1 is 1.64 bits per heavy atom. The van der Waals surface area contributed by atoms with Gasteiger partial charge in [-0.2, -0.15) is 0 Å². The number of hydrogen-bond acceptors (Lipinski definition) is 2. The van der Waals surface area contributed by atoms with Gasteiger partial charge in [0, 0.05) is 10.1 Å². The summed E-state index contributed by atoms with van der Waals surface area (Å²) in [4.78, 5) is 11.9. The van der Waals surface area contributed by atoms with Crippen molar-refractivity contribution < 1.29 is 9.90 Å². The number of hydrogen-bond donors (Lipinski definition) is 1. The van der Waals surface area contributed by atoms with Crippen molar-refractivity contribution in [3.8, 4) is 0 Å². The molecule has 0 spiro atoms. The molecule has 2 nitrogen and oxygen atoms in total. The van der Waals surface area contributed by atoms with Crippen molar-refractivity contribution in [2.75, 3.05) is 0 Å². The summed E-state index contributed by atoms with van der Waals surface area (Å²) in [5, 5.41) is 9.34. The predicted octanol–water partition coefficient (Wildman–Crippen LogP) is 2.35. The Hall–Kier alpha value is -0.960. The van der Waals surface area contributed by atoms with E-state index in [2.05, 4.69) is 13.0 Å². The van der Waals surface area contributed by atoms with Crippen LogP contribution in [0.2, 0.25) is 0 Å². The highest BCUT2D eigenvalue weighted by atomic mass is 32.2. The third kappa shape index (κ3) is 1.77. The first-order valence-electron chi connectivity index (χ1n) is 4.66. The van der Waals surface area contributed by atoms with Crippen LogP contribution in [0.25, 0.3) is 0 Å². The van der Waals surface area contributed by atoms with E-state index in [-0.39, 0.29) is 6.42 Å². The van der Waals surface area contributed by atoms with Gasteiger partial charge in [-0.15, -0.1) is 11.8 Å². The molecule has 1 aliphatic rings. The average molecular weight is 208 g/mol. The van der Waals surface area contributed by atoms with E-state index in [1.807, 2.05) is 23.9 Å². The summed E-state index contributed by atoms with van der Waals surface area (Å²) in [5.41, 5.74) is 2.22. The maximum atomic E-state index is 10.6. The average Bonchev–Trinajstić information content (AvgIpc) is 2.45. The molecule has 1 N–H and O–H groups in total. The van der Waals surface area contributed by atoms with Crippen LogP contribution in [-0.2, 0) is 17.6 Å². The fourth-order valence-electron chi connectivity index (χ4n) is 1.83. The van der Waals surface area contributed by atoms with Crippen molar-refractivity contribution in [1.29, 1.82) is 0 Å². The van der Waals surface area contributed by atoms with Crippen molar-refractivity contribution in [2.24, 2.45) is 0 Å². The minimum absolute atomic E-state index is 0.149. The van der Waals surface area contributed by atoms with Gasteiger partial charge in [-0.05, 0) is 23.6 Å². The van der Waals surface area contributed by atoms with Gasteiger partial charge in [0.15, 0.2) is 0 Å². The summed E-state index contributed by atoms with van der Waals surface area (Å²) >= 11 is 1.84. The Balaban J connectivity index is 2.34. The molecule has 74 valence electrons. The number of carboxylic acid groups (broad SMARTS) is 1. The second-order valence-corrected chi connectivity index (χ2v) is 5.08. The van der Waals surface area contributed by atoms with Crippen LogP contribution in [0.1, 0.15) is 18.1 Å². The van der Waals surface area contributed by atoms with E-state index in [1.54, 1.807) is 0 Å². The van der Waals surface area contributed by atoms with E-state index >= 15 is 0 Å². The first kappa shape index (κ1) is 9.59. The molecule has 1 aromatic carbocycles. The van der Waals surface area contributed by atoms with Crippen LogP contribution in [0.15, 0.2) is 23.1 Å². The molecule has 2 rings (SSSR count). The van der Waals surface area contributed by atoms with Crippen LogP contribution >= 0.6 is 11.8 Å². The third-order valence-electron chi connectivity index (χ3n) is 2.39. The third-order valence-corrected chi connectivity index (χ3v) is 3.60. The number of carboxylic acids is 1. The first-order valence-corrected chi connectivity index (χ1v) is 5.54. The lowest BCUT2D eigenvalue weighted by Gasteiger charge is -2.04. The summed E-state index contributed by atoms with van der Waals surface area (Å²) in [6.07, 6.45) is 1.15. The van der Waals surface area contributed by atoms with Gasteiger partial charge in [-0.1, -0.05) is 19.1 Å². The van der Waals surface area contributed by atoms with Gasteiger partial charge in [0.05, 0.1) is 6.42 Å². The predicted molar refractivity (Wildman–Crippen MR) is 56.8 cm³/mol. The van der Waals surface area contributed by atoms with Crippen LogP contribution in [0, 0.1) is 0 Å². The van der Waals surface area contributed by atoms with Crippen molar-refractivity contribution >= 4 is 17.7 Å². The number of aliphatic carboxylic acids is 1. The molecule has 0 amide bonds. The summed E-state index contributed by atoms with van der Waals surface area (Å²) in [6.45, 7) is 2.18. The second-order valence-electron chi connectivity index (χ2n) is 3.60. The van der Waals surface area contributed by atoms with E-state index < -0.39 is 5.97 Å². The van der Waals surface area contributed by atoms with Crippen molar-refractivity contribution in [3.05, 3.63) is 29.3 Å². The number of carbonyl (C=O) groups is 1. The highest BCUT2D eigenvalue weighted by Crippen LogP contribution is 2.38. The van der Waals surface area contributed by atoms with Gasteiger partial charge >= 0.3 is 5.97 Å². The Labute approximate surface area is 87.3 Å². The highest BCUT2D eigenvalue weighted by Gasteiger charge is 2.21. The zero-order valence-corrected chi connectivity index (χ0v) is 8.80. The molecule has 0 saturated carbocycles. The topological polar surface area (TPSA) is 37.3 Å². The van der Waals surface area contributed by atoms with E-state index in [0.29, 0.717) is 5.25 Å².